The van der Waals surface area contributed by atoms with Crippen LogP contribution in [0.2, 0.25) is 0 Å². The van der Waals surface area contributed by atoms with Crippen LogP contribution in [0.25, 0.3) is 10.6 Å². The Labute approximate surface area is 117 Å². The van der Waals surface area contributed by atoms with Crippen LogP contribution in [0.3, 0.4) is 0 Å². The summed E-state index contributed by atoms with van der Waals surface area (Å²) in [6.07, 6.45) is 0.638. The first-order valence-electron chi connectivity index (χ1n) is 5.47. The number of carbonyl (C=O) groups is 1. The van der Waals surface area contributed by atoms with Gasteiger partial charge < -0.3 is 4.74 Å². The lowest BCUT2D eigenvalue weighted by atomic mass is 10.1. The van der Waals surface area contributed by atoms with Crippen molar-refractivity contribution < 1.29 is 18.3 Å². The molecule has 2 aromatic rings. The van der Waals surface area contributed by atoms with Crippen LogP contribution in [-0.2, 0) is 0 Å². The SMILES string of the molecule is Cc1nc(-c2c(C#N)cccc2OC(F)F)sc1C=O. The van der Waals surface area contributed by atoms with Crippen molar-refractivity contribution >= 4 is 17.6 Å². The Morgan fingerprint density at radius 1 is 1.50 bits per heavy atom. The van der Waals surface area contributed by atoms with E-state index in [1.54, 1.807) is 6.92 Å². The molecule has 4 nitrogen and oxygen atoms in total. The van der Waals surface area contributed by atoms with Gasteiger partial charge in [0.15, 0.2) is 6.29 Å². The van der Waals surface area contributed by atoms with Crippen LogP contribution in [0.15, 0.2) is 18.2 Å². The first kappa shape index (κ1) is 14.1. The second kappa shape index (κ2) is 5.75. The van der Waals surface area contributed by atoms with E-state index in [2.05, 4.69) is 9.72 Å². The molecule has 20 heavy (non-hydrogen) atoms. The molecule has 0 bridgehead atoms. The normalized spacial score (nSPS) is 10.3. The molecule has 0 N–H and O–H groups in total. The topological polar surface area (TPSA) is 63.0 Å². The van der Waals surface area contributed by atoms with Crippen molar-refractivity contribution in [2.75, 3.05) is 0 Å². The van der Waals surface area contributed by atoms with Gasteiger partial charge in [-0.1, -0.05) is 6.07 Å². The molecule has 0 aliphatic rings. The van der Waals surface area contributed by atoms with E-state index in [9.17, 15) is 13.6 Å². The summed E-state index contributed by atoms with van der Waals surface area (Å²) in [4.78, 5) is 15.4. The summed E-state index contributed by atoms with van der Waals surface area (Å²) in [5.74, 6) is -0.134. The Kier molecular flexibility index (Phi) is 4.05. The number of rotatable bonds is 4. The van der Waals surface area contributed by atoms with Crippen LogP contribution in [0.1, 0.15) is 20.9 Å². The summed E-state index contributed by atoms with van der Waals surface area (Å²) in [5.41, 5.74) is 0.821. The number of benzene rings is 1. The highest BCUT2D eigenvalue weighted by atomic mass is 32.1. The fourth-order valence-corrected chi connectivity index (χ4v) is 2.61. The average Bonchev–Trinajstić information content (AvgIpc) is 2.78. The fraction of sp³-hybridized carbons (Fsp3) is 0.154. The first-order valence-corrected chi connectivity index (χ1v) is 6.29. The van der Waals surface area contributed by atoms with Crippen molar-refractivity contribution in [1.29, 1.82) is 5.26 Å². The maximum absolute atomic E-state index is 12.4. The third kappa shape index (κ3) is 2.65. The third-order valence-electron chi connectivity index (χ3n) is 2.52. The maximum Gasteiger partial charge on any atom is 0.387 e. The van der Waals surface area contributed by atoms with Crippen LogP contribution in [-0.4, -0.2) is 17.9 Å². The lowest BCUT2D eigenvalue weighted by Crippen LogP contribution is -2.04. The minimum Gasteiger partial charge on any atom is -0.434 e. The zero-order valence-corrected chi connectivity index (χ0v) is 11.1. The summed E-state index contributed by atoms with van der Waals surface area (Å²) in [5, 5.41) is 9.39. The molecule has 1 aromatic heterocycles. The van der Waals surface area contributed by atoms with Gasteiger partial charge in [0.25, 0.3) is 0 Å². The summed E-state index contributed by atoms with van der Waals surface area (Å²) < 4.78 is 29.3. The minimum atomic E-state index is -3.01. The number of alkyl halides is 2. The van der Waals surface area contributed by atoms with E-state index in [-0.39, 0.29) is 16.9 Å². The molecule has 0 saturated carbocycles. The molecule has 0 radical (unpaired) electrons. The van der Waals surface area contributed by atoms with Gasteiger partial charge in [0.1, 0.15) is 16.8 Å². The Balaban J connectivity index is 2.63. The first-order chi connectivity index (χ1) is 9.56. The van der Waals surface area contributed by atoms with E-state index in [4.69, 9.17) is 5.26 Å². The molecule has 1 heterocycles. The number of aromatic nitrogens is 1. The Hall–Kier alpha value is -2.33. The molecular formula is C13H8F2N2O2S. The number of nitriles is 1. The van der Waals surface area contributed by atoms with E-state index in [0.29, 0.717) is 21.9 Å². The molecule has 1 aromatic carbocycles. The zero-order chi connectivity index (χ0) is 14.7. The molecule has 7 heteroatoms. The molecule has 0 atom stereocenters. The third-order valence-corrected chi connectivity index (χ3v) is 3.62. The predicted molar refractivity (Wildman–Crippen MR) is 69.0 cm³/mol. The molecule has 0 fully saturated rings. The van der Waals surface area contributed by atoms with Gasteiger partial charge in [-0.2, -0.15) is 14.0 Å². The molecule has 0 amide bonds. The van der Waals surface area contributed by atoms with Crippen molar-refractivity contribution in [3.05, 3.63) is 34.3 Å². The maximum atomic E-state index is 12.4. The summed E-state index contributed by atoms with van der Waals surface area (Å²) in [6.45, 7) is -1.37. The summed E-state index contributed by atoms with van der Waals surface area (Å²) >= 11 is 1.03. The van der Waals surface area contributed by atoms with Gasteiger partial charge in [-0.3, -0.25) is 4.79 Å². The van der Waals surface area contributed by atoms with Crippen molar-refractivity contribution in [3.8, 4) is 22.4 Å². The van der Waals surface area contributed by atoms with E-state index < -0.39 is 6.61 Å². The highest BCUT2D eigenvalue weighted by Crippen LogP contribution is 2.37. The number of carbonyl (C=O) groups excluding carboxylic acids is 1. The fourth-order valence-electron chi connectivity index (χ4n) is 1.66. The summed E-state index contributed by atoms with van der Waals surface area (Å²) in [6, 6.07) is 6.16. The highest BCUT2D eigenvalue weighted by molar-refractivity contribution is 7.16. The second-order valence-electron chi connectivity index (χ2n) is 3.76. The zero-order valence-electron chi connectivity index (χ0n) is 10.3. The number of thiazole rings is 1. The van der Waals surface area contributed by atoms with Crippen molar-refractivity contribution in [1.82, 2.24) is 4.98 Å². The number of nitrogens with zero attached hydrogens (tertiary/aromatic N) is 2. The lowest BCUT2D eigenvalue weighted by Gasteiger charge is -2.09. The van der Waals surface area contributed by atoms with Gasteiger partial charge in [-0.15, -0.1) is 11.3 Å². The predicted octanol–water partition coefficient (Wildman–Crippen LogP) is 3.40. The van der Waals surface area contributed by atoms with E-state index in [1.165, 1.54) is 18.2 Å². The van der Waals surface area contributed by atoms with Crippen LogP contribution in [0.4, 0.5) is 8.78 Å². The Bertz CT molecular complexity index is 692. The van der Waals surface area contributed by atoms with Gasteiger partial charge in [0.2, 0.25) is 0 Å². The van der Waals surface area contributed by atoms with Crippen LogP contribution < -0.4 is 4.74 Å². The van der Waals surface area contributed by atoms with Crippen molar-refractivity contribution in [2.24, 2.45) is 0 Å². The number of aldehydes is 1. The largest absolute Gasteiger partial charge is 0.434 e. The van der Waals surface area contributed by atoms with Gasteiger partial charge in [-0.25, -0.2) is 4.98 Å². The minimum absolute atomic E-state index is 0.134. The van der Waals surface area contributed by atoms with Crippen molar-refractivity contribution in [3.63, 3.8) is 0 Å². The number of halogens is 2. The van der Waals surface area contributed by atoms with Gasteiger partial charge in [0.05, 0.1) is 21.7 Å². The molecule has 0 unspecified atom stereocenters. The van der Waals surface area contributed by atoms with Gasteiger partial charge >= 0.3 is 6.61 Å². The number of ether oxygens (including phenoxy) is 1. The monoisotopic (exact) mass is 294 g/mol. The quantitative estimate of drug-likeness (QED) is 0.811. The van der Waals surface area contributed by atoms with Crippen LogP contribution in [0.5, 0.6) is 5.75 Å². The number of aryl methyl sites for hydroxylation is 1. The molecule has 2 rings (SSSR count). The average molecular weight is 294 g/mol. The van der Waals surface area contributed by atoms with E-state index in [1.807, 2.05) is 6.07 Å². The smallest absolute Gasteiger partial charge is 0.387 e. The van der Waals surface area contributed by atoms with Crippen LogP contribution >= 0.6 is 11.3 Å². The highest BCUT2D eigenvalue weighted by Gasteiger charge is 2.19. The van der Waals surface area contributed by atoms with Crippen molar-refractivity contribution in [2.45, 2.75) is 13.5 Å². The molecular weight excluding hydrogens is 286 g/mol. The molecule has 102 valence electrons. The van der Waals surface area contributed by atoms with Gasteiger partial charge in [-0.05, 0) is 19.1 Å². The number of hydrogen-bond acceptors (Lipinski definition) is 5. The van der Waals surface area contributed by atoms with Gasteiger partial charge in [0, 0.05) is 0 Å². The standard InChI is InChI=1S/C13H8F2N2O2S/c1-7-10(6-18)20-12(17-7)11-8(5-16)3-2-4-9(11)19-13(14)15/h2-4,6,13H,1H3. The van der Waals surface area contributed by atoms with Crippen LogP contribution in [0, 0.1) is 18.3 Å². The Morgan fingerprint density at radius 2 is 2.25 bits per heavy atom. The molecule has 0 aliphatic heterocycles. The summed E-state index contributed by atoms with van der Waals surface area (Å²) in [7, 11) is 0. The molecule has 0 saturated heterocycles. The number of hydrogen-bond donors (Lipinski definition) is 0. The van der Waals surface area contributed by atoms with E-state index in [0.717, 1.165) is 11.3 Å². The lowest BCUT2D eigenvalue weighted by molar-refractivity contribution is -0.0494. The Morgan fingerprint density at radius 3 is 2.80 bits per heavy atom. The second-order valence-corrected chi connectivity index (χ2v) is 4.79. The van der Waals surface area contributed by atoms with E-state index >= 15 is 0 Å². The molecule has 0 spiro atoms. The molecule has 0 aliphatic carbocycles.